The van der Waals surface area contributed by atoms with Gasteiger partial charge in [-0.25, -0.2) is 4.68 Å². The first-order valence-electron chi connectivity index (χ1n) is 4.93. The molecule has 90 valence electrons. The van der Waals surface area contributed by atoms with Gasteiger partial charge in [0.25, 0.3) is 5.56 Å². The first kappa shape index (κ1) is 13.0. The molecule has 1 aromatic heterocycles. The highest BCUT2D eigenvalue weighted by Gasteiger charge is 2.14. The number of hydrogen-bond donors (Lipinski definition) is 0. The molecule has 1 atom stereocenters. The molecule has 0 aromatic carbocycles. The van der Waals surface area contributed by atoms with Crippen LogP contribution in [-0.2, 0) is 0 Å². The zero-order valence-corrected chi connectivity index (χ0v) is 10.7. The summed E-state index contributed by atoms with van der Waals surface area (Å²) in [5.74, 6) is 0.306. The second-order valence-electron chi connectivity index (χ2n) is 3.89. The Hall–Kier alpha value is -1.07. The van der Waals surface area contributed by atoms with Crippen LogP contribution in [0.5, 0.6) is 5.75 Å². The SMILES string of the molecule is COc1cnn(C(C)CN(C)C)c(=O)c1Cl. The van der Waals surface area contributed by atoms with Gasteiger partial charge < -0.3 is 9.64 Å². The van der Waals surface area contributed by atoms with E-state index < -0.39 is 0 Å². The molecule has 0 amide bonds. The number of ether oxygens (including phenoxy) is 1. The number of likely N-dealkylation sites (N-methyl/N-ethyl adjacent to an activating group) is 1. The number of aromatic nitrogens is 2. The molecular formula is C10H16ClN3O2. The molecule has 16 heavy (non-hydrogen) atoms. The Morgan fingerprint density at radius 1 is 1.62 bits per heavy atom. The van der Waals surface area contributed by atoms with Gasteiger partial charge in [-0.2, -0.15) is 5.10 Å². The number of nitrogens with zero attached hydrogens (tertiary/aromatic N) is 3. The maximum Gasteiger partial charge on any atom is 0.289 e. The van der Waals surface area contributed by atoms with Crippen molar-refractivity contribution in [1.29, 1.82) is 0 Å². The monoisotopic (exact) mass is 245 g/mol. The predicted octanol–water partition coefficient (Wildman–Crippen LogP) is 1.03. The molecule has 5 nitrogen and oxygen atoms in total. The minimum absolute atomic E-state index is 0.0362. The molecule has 0 saturated carbocycles. The topological polar surface area (TPSA) is 47.4 Å². The van der Waals surface area contributed by atoms with E-state index in [0.717, 1.165) is 6.54 Å². The van der Waals surface area contributed by atoms with E-state index in [-0.39, 0.29) is 16.6 Å². The number of halogens is 1. The van der Waals surface area contributed by atoms with Gasteiger partial charge in [-0.05, 0) is 21.0 Å². The third-order valence-corrected chi connectivity index (χ3v) is 2.53. The summed E-state index contributed by atoms with van der Waals surface area (Å²) in [6.45, 7) is 2.63. The molecule has 0 aliphatic rings. The number of hydrogen-bond acceptors (Lipinski definition) is 4. The van der Waals surface area contributed by atoms with E-state index in [4.69, 9.17) is 16.3 Å². The summed E-state index contributed by atoms with van der Waals surface area (Å²) in [5, 5.41) is 4.10. The van der Waals surface area contributed by atoms with Crippen LogP contribution in [0.1, 0.15) is 13.0 Å². The van der Waals surface area contributed by atoms with Crippen molar-refractivity contribution in [2.24, 2.45) is 0 Å². The Bertz CT molecular complexity index is 417. The van der Waals surface area contributed by atoms with E-state index in [1.54, 1.807) is 0 Å². The van der Waals surface area contributed by atoms with Gasteiger partial charge in [0, 0.05) is 6.54 Å². The van der Waals surface area contributed by atoms with Crippen molar-refractivity contribution in [3.63, 3.8) is 0 Å². The van der Waals surface area contributed by atoms with Gasteiger partial charge in [-0.15, -0.1) is 0 Å². The average Bonchev–Trinajstić information content (AvgIpc) is 2.20. The normalized spacial score (nSPS) is 12.9. The molecule has 0 radical (unpaired) electrons. The molecule has 1 heterocycles. The largest absolute Gasteiger partial charge is 0.493 e. The van der Waals surface area contributed by atoms with E-state index in [0.29, 0.717) is 5.75 Å². The number of methoxy groups -OCH3 is 1. The molecule has 0 aliphatic heterocycles. The van der Waals surface area contributed by atoms with Gasteiger partial charge in [0.15, 0.2) is 10.8 Å². The molecule has 0 N–H and O–H groups in total. The lowest BCUT2D eigenvalue weighted by molar-refractivity contribution is 0.312. The van der Waals surface area contributed by atoms with E-state index in [1.165, 1.54) is 18.0 Å². The van der Waals surface area contributed by atoms with Gasteiger partial charge in [-0.3, -0.25) is 4.79 Å². The van der Waals surface area contributed by atoms with E-state index in [9.17, 15) is 4.79 Å². The second kappa shape index (κ2) is 5.32. The van der Waals surface area contributed by atoms with Gasteiger partial charge in [0.2, 0.25) is 0 Å². The summed E-state index contributed by atoms with van der Waals surface area (Å²) < 4.78 is 6.29. The van der Waals surface area contributed by atoms with Crippen LogP contribution < -0.4 is 10.3 Å². The Morgan fingerprint density at radius 2 is 2.25 bits per heavy atom. The fourth-order valence-electron chi connectivity index (χ4n) is 1.49. The fourth-order valence-corrected chi connectivity index (χ4v) is 1.70. The molecule has 0 spiro atoms. The molecule has 0 fully saturated rings. The van der Waals surface area contributed by atoms with Crippen LogP contribution in [0.3, 0.4) is 0 Å². The average molecular weight is 246 g/mol. The van der Waals surface area contributed by atoms with Crippen LogP contribution in [0, 0.1) is 0 Å². The van der Waals surface area contributed by atoms with Crippen molar-refractivity contribution in [2.75, 3.05) is 27.7 Å². The van der Waals surface area contributed by atoms with Crippen molar-refractivity contribution in [3.8, 4) is 5.75 Å². The summed E-state index contributed by atoms with van der Waals surface area (Å²) in [5.41, 5.74) is -0.324. The molecule has 0 bridgehead atoms. The Morgan fingerprint density at radius 3 is 2.75 bits per heavy atom. The van der Waals surface area contributed by atoms with E-state index in [2.05, 4.69) is 5.10 Å². The van der Waals surface area contributed by atoms with E-state index in [1.807, 2.05) is 25.9 Å². The van der Waals surface area contributed by atoms with Gasteiger partial charge in [0.1, 0.15) is 0 Å². The van der Waals surface area contributed by atoms with Gasteiger partial charge in [-0.1, -0.05) is 11.6 Å². The maximum atomic E-state index is 11.8. The molecular weight excluding hydrogens is 230 g/mol. The van der Waals surface area contributed by atoms with Gasteiger partial charge in [0.05, 0.1) is 19.3 Å². The van der Waals surface area contributed by atoms with Crippen LogP contribution in [0.15, 0.2) is 11.0 Å². The highest BCUT2D eigenvalue weighted by atomic mass is 35.5. The molecule has 1 aromatic rings. The van der Waals surface area contributed by atoms with Crippen molar-refractivity contribution in [1.82, 2.24) is 14.7 Å². The van der Waals surface area contributed by atoms with Crippen LogP contribution in [0.2, 0.25) is 5.02 Å². The number of rotatable bonds is 4. The Balaban J connectivity index is 3.07. The first-order chi connectivity index (χ1) is 7.47. The predicted molar refractivity (Wildman–Crippen MR) is 63.3 cm³/mol. The highest BCUT2D eigenvalue weighted by Crippen LogP contribution is 2.18. The van der Waals surface area contributed by atoms with Crippen LogP contribution in [0.25, 0.3) is 0 Å². The lowest BCUT2D eigenvalue weighted by Gasteiger charge is -2.18. The van der Waals surface area contributed by atoms with Crippen molar-refractivity contribution in [2.45, 2.75) is 13.0 Å². The summed E-state index contributed by atoms with van der Waals surface area (Å²) in [4.78, 5) is 13.8. The third kappa shape index (κ3) is 2.74. The lowest BCUT2D eigenvalue weighted by Crippen LogP contribution is -2.32. The fraction of sp³-hybridized carbons (Fsp3) is 0.600. The second-order valence-corrected chi connectivity index (χ2v) is 4.27. The summed E-state index contributed by atoms with van der Waals surface area (Å²) in [6.07, 6.45) is 1.45. The molecule has 1 rings (SSSR count). The maximum absolute atomic E-state index is 11.8. The lowest BCUT2D eigenvalue weighted by atomic mass is 10.3. The Labute approximate surface area is 99.6 Å². The summed E-state index contributed by atoms with van der Waals surface area (Å²) in [7, 11) is 5.33. The van der Waals surface area contributed by atoms with Crippen LogP contribution >= 0.6 is 11.6 Å². The minimum Gasteiger partial charge on any atom is -0.493 e. The smallest absolute Gasteiger partial charge is 0.289 e. The molecule has 0 aliphatic carbocycles. The van der Waals surface area contributed by atoms with Crippen LogP contribution in [-0.4, -0.2) is 42.4 Å². The third-order valence-electron chi connectivity index (χ3n) is 2.18. The minimum atomic E-state index is -0.324. The summed E-state index contributed by atoms with van der Waals surface area (Å²) in [6, 6.07) is -0.0362. The standard InChI is InChI=1S/C10H16ClN3O2/c1-7(6-13(2)3)14-10(15)9(11)8(16-4)5-12-14/h5,7H,6H2,1-4H3. The highest BCUT2D eigenvalue weighted by molar-refractivity contribution is 6.31. The van der Waals surface area contributed by atoms with Crippen molar-refractivity contribution in [3.05, 3.63) is 21.6 Å². The zero-order valence-electron chi connectivity index (χ0n) is 9.90. The van der Waals surface area contributed by atoms with E-state index >= 15 is 0 Å². The Kier molecular flexibility index (Phi) is 4.32. The quantitative estimate of drug-likeness (QED) is 0.795. The summed E-state index contributed by atoms with van der Waals surface area (Å²) >= 11 is 5.87. The molecule has 6 heteroatoms. The van der Waals surface area contributed by atoms with Crippen LogP contribution in [0.4, 0.5) is 0 Å². The van der Waals surface area contributed by atoms with Gasteiger partial charge >= 0.3 is 0 Å². The molecule has 1 unspecified atom stereocenters. The first-order valence-corrected chi connectivity index (χ1v) is 5.31. The van der Waals surface area contributed by atoms with Crippen molar-refractivity contribution < 1.29 is 4.74 Å². The zero-order chi connectivity index (χ0) is 12.3. The molecule has 0 saturated heterocycles. The van der Waals surface area contributed by atoms with Crippen molar-refractivity contribution >= 4 is 11.6 Å².